The van der Waals surface area contributed by atoms with Gasteiger partial charge in [0, 0.05) is 17.1 Å². The van der Waals surface area contributed by atoms with Gasteiger partial charge >= 0.3 is 0 Å². The van der Waals surface area contributed by atoms with E-state index >= 15 is 0 Å². The topological polar surface area (TPSA) is 55.2 Å². The van der Waals surface area contributed by atoms with Crippen LogP contribution in [0.1, 0.15) is 5.56 Å². The molecule has 0 aliphatic heterocycles. The second-order valence-electron chi connectivity index (χ2n) is 4.14. The van der Waals surface area contributed by atoms with Crippen molar-refractivity contribution in [2.75, 3.05) is 5.32 Å². The number of hydrogen-bond acceptors (Lipinski definition) is 3. The second kappa shape index (κ2) is 6.48. The quantitative estimate of drug-likeness (QED) is 0.557. The van der Waals surface area contributed by atoms with Crippen molar-refractivity contribution in [2.24, 2.45) is 0 Å². The molecule has 0 unspecified atom stereocenters. The molecule has 0 saturated carbocycles. The number of nitro benzene ring substituents is 1. The molecular formula is C13H8Br2F2N2O2. The molecule has 4 nitrogen and oxygen atoms in total. The molecule has 0 bridgehead atoms. The highest BCUT2D eigenvalue weighted by molar-refractivity contribution is 9.10. The van der Waals surface area contributed by atoms with E-state index in [9.17, 15) is 18.9 Å². The number of nitrogens with one attached hydrogen (secondary N) is 1. The highest BCUT2D eigenvalue weighted by atomic mass is 79.9. The molecule has 0 saturated heterocycles. The number of hydrogen-bond donors (Lipinski definition) is 1. The average Bonchev–Trinajstić information content (AvgIpc) is 2.38. The molecule has 0 radical (unpaired) electrons. The maximum absolute atomic E-state index is 13.6. The lowest BCUT2D eigenvalue weighted by Crippen LogP contribution is -2.04. The van der Waals surface area contributed by atoms with Gasteiger partial charge in [-0.25, -0.2) is 8.78 Å². The van der Waals surface area contributed by atoms with E-state index < -0.39 is 16.6 Å². The molecule has 0 amide bonds. The van der Waals surface area contributed by atoms with Crippen LogP contribution in [0.4, 0.5) is 20.2 Å². The molecule has 0 aromatic heterocycles. The predicted molar refractivity (Wildman–Crippen MR) is 82.2 cm³/mol. The number of anilines is 1. The summed E-state index contributed by atoms with van der Waals surface area (Å²) in [5, 5.41) is 13.4. The van der Waals surface area contributed by atoms with Crippen LogP contribution in [0, 0.1) is 21.7 Å². The van der Waals surface area contributed by atoms with E-state index in [1.165, 1.54) is 12.1 Å². The van der Waals surface area contributed by atoms with Gasteiger partial charge in [-0.3, -0.25) is 10.1 Å². The molecule has 8 heteroatoms. The van der Waals surface area contributed by atoms with Crippen molar-refractivity contribution < 1.29 is 13.7 Å². The summed E-state index contributed by atoms with van der Waals surface area (Å²) in [5.41, 5.74) is 0.154. The summed E-state index contributed by atoms with van der Waals surface area (Å²) in [6, 6.07) is 6.75. The van der Waals surface area contributed by atoms with E-state index in [1.807, 2.05) is 0 Å². The van der Waals surface area contributed by atoms with Gasteiger partial charge in [-0.1, -0.05) is 22.0 Å². The smallest absolute Gasteiger partial charge is 0.283 e. The Bertz CT molecular complexity index is 688. The third-order valence-electron chi connectivity index (χ3n) is 2.68. The van der Waals surface area contributed by atoms with Crippen molar-refractivity contribution in [1.29, 1.82) is 0 Å². The van der Waals surface area contributed by atoms with Gasteiger partial charge in [0.2, 0.25) is 0 Å². The summed E-state index contributed by atoms with van der Waals surface area (Å²) in [4.78, 5) is 10.3. The number of halogens is 4. The van der Waals surface area contributed by atoms with Gasteiger partial charge in [0.15, 0.2) is 0 Å². The van der Waals surface area contributed by atoms with E-state index in [0.29, 0.717) is 14.5 Å². The molecule has 0 atom stereocenters. The van der Waals surface area contributed by atoms with Crippen LogP contribution >= 0.6 is 31.9 Å². The fourth-order valence-corrected chi connectivity index (χ4v) is 2.50. The van der Waals surface area contributed by atoms with Crippen LogP contribution in [0.3, 0.4) is 0 Å². The zero-order chi connectivity index (χ0) is 15.6. The molecule has 2 rings (SSSR count). The standard InChI is InChI=1S/C13H8Br2F2N2O2/c14-8-4-10(16)13(11(17)5-8)18-6-7-1-2-9(15)12(3-7)19(20)21/h1-5,18H,6H2. The van der Waals surface area contributed by atoms with Crippen molar-refractivity contribution in [3.05, 3.63) is 66.6 Å². The first-order valence-electron chi connectivity index (χ1n) is 5.69. The van der Waals surface area contributed by atoms with E-state index in [2.05, 4.69) is 37.2 Å². The average molecular weight is 422 g/mol. The van der Waals surface area contributed by atoms with Crippen LogP contribution in [0.15, 0.2) is 39.3 Å². The lowest BCUT2D eigenvalue weighted by atomic mass is 10.2. The van der Waals surface area contributed by atoms with Gasteiger partial charge in [-0.2, -0.15) is 0 Å². The van der Waals surface area contributed by atoms with Gasteiger partial charge in [0.1, 0.15) is 17.3 Å². The van der Waals surface area contributed by atoms with Gasteiger partial charge in [-0.15, -0.1) is 0 Å². The highest BCUT2D eigenvalue weighted by Gasteiger charge is 2.14. The molecule has 0 aliphatic rings. The fourth-order valence-electron chi connectivity index (χ4n) is 1.71. The molecule has 0 heterocycles. The molecule has 2 aromatic rings. The first-order valence-corrected chi connectivity index (χ1v) is 7.28. The number of nitro groups is 1. The van der Waals surface area contributed by atoms with Crippen LogP contribution in [0.2, 0.25) is 0 Å². The minimum Gasteiger partial charge on any atom is -0.376 e. The van der Waals surface area contributed by atoms with Gasteiger partial charge < -0.3 is 5.32 Å². The third kappa shape index (κ3) is 3.76. The minimum absolute atomic E-state index is 0.0591. The summed E-state index contributed by atoms with van der Waals surface area (Å²) in [7, 11) is 0. The Morgan fingerprint density at radius 1 is 1.14 bits per heavy atom. The largest absolute Gasteiger partial charge is 0.376 e. The third-order valence-corrected chi connectivity index (χ3v) is 3.81. The summed E-state index contributed by atoms with van der Waals surface area (Å²) >= 11 is 6.06. The van der Waals surface area contributed by atoms with Crippen molar-refractivity contribution in [3.63, 3.8) is 0 Å². The van der Waals surface area contributed by atoms with Crippen LogP contribution in [-0.2, 0) is 6.54 Å². The SMILES string of the molecule is O=[N+]([O-])c1cc(CNc2c(F)cc(Br)cc2F)ccc1Br. The fraction of sp³-hybridized carbons (Fsp3) is 0.0769. The van der Waals surface area contributed by atoms with Gasteiger partial charge in [0.05, 0.1) is 9.40 Å². The van der Waals surface area contributed by atoms with E-state index in [-0.39, 0.29) is 17.9 Å². The van der Waals surface area contributed by atoms with Crippen LogP contribution < -0.4 is 5.32 Å². The van der Waals surface area contributed by atoms with Crippen molar-refractivity contribution in [1.82, 2.24) is 0 Å². The zero-order valence-corrected chi connectivity index (χ0v) is 13.5. The molecule has 1 N–H and O–H groups in total. The summed E-state index contributed by atoms with van der Waals surface area (Å²) in [5.74, 6) is -1.48. The lowest BCUT2D eigenvalue weighted by molar-refractivity contribution is -0.385. The first kappa shape index (κ1) is 15.8. The van der Waals surface area contributed by atoms with Gasteiger partial charge in [0.25, 0.3) is 5.69 Å². The molecule has 0 fully saturated rings. The molecule has 0 aliphatic carbocycles. The Morgan fingerprint density at radius 2 is 1.76 bits per heavy atom. The molecule has 110 valence electrons. The van der Waals surface area contributed by atoms with Crippen molar-refractivity contribution in [3.8, 4) is 0 Å². The number of rotatable bonds is 4. The van der Waals surface area contributed by atoms with Crippen LogP contribution in [-0.4, -0.2) is 4.92 Å². The Kier molecular flexibility index (Phi) is 4.89. The van der Waals surface area contributed by atoms with Gasteiger partial charge in [-0.05, 0) is 39.7 Å². The van der Waals surface area contributed by atoms with Crippen LogP contribution in [0.5, 0.6) is 0 Å². The Morgan fingerprint density at radius 3 is 2.33 bits per heavy atom. The Balaban J connectivity index is 2.21. The number of benzene rings is 2. The van der Waals surface area contributed by atoms with E-state index in [0.717, 1.165) is 12.1 Å². The molecule has 0 spiro atoms. The van der Waals surface area contributed by atoms with Crippen molar-refractivity contribution in [2.45, 2.75) is 6.54 Å². The van der Waals surface area contributed by atoms with Crippen molar-refractivity contribution >= 4 is 43.2 Å². The monoisotopic (exact) mass is 420 g/mol. The predicted octanol–water partition coefficient (Wildman–Crippen LogP) is 5.01. The van der Waals surface area contributed by atoms with E-state index in [1.54, 1.807) is 6.07 Å². The summed E-state index contributed by atoms with van der Waals surface area (Å²) in [6.07, 6.45) is 0. The molecular weight excluding hydrogens is 414 g/mol. The Labute approximate surface area is 135 Å². The zero-order valence-electron chi connectivity index (χ0n) is 10.4. The normalized spacial score (nSPS) is 10.5. The Hall–Kier alpha value is -1.54. The maximum atomic E-state index is 13.6. The molecule has 21 heavy (non-hydrogen) atoms. The number of nitrogens with zero attached hydrogens (tertiary/aromatic N) is 1. The minimum atomic E-state index is -0.742. The first-order chi connectivity index (χ1) is 9.88. The summed E-state index contributed by atoms with van der Waals surface area (Å²) in [6.45, 7) is 0.0591. The summed E-state index contributed by atoms with van der Waals surface area (Å²) < 4.78 is 27.9. The van der Waals surface area contributed by atoms with E-state index in [4.69, 9.17) is 0 Å². The second-order valence-corrected chi connectivity index (χ2v) is 5.91. The highest BCUT2D eigenvalue weighted by Crippen LogP contribution is 2.27. The molecule has 2 aromatic carbocycles. The van der Waals surface area contributed by atoms with Crippen LogP contribution in [0.25, 0.3) is 0 Å². The lowest BCUT2D eigenvalue weighted by Gasteiger charge is -2.09. The maximum Gasteiger partial charge on any atom is 0.283 e.